The summed E-state index contributed by atoms with van der Waals surface area (Å²) in [6.45, 7) is 0. The zero-order valence-electron chi connectivity index (χ0n) is 11.5. The molecule has 0 aliphatic heterocycles. The summed E-state index contributed by atoms with van der Waals surface area (Å²) in [4.78, 5) is 0. The smallest absolute Gasteiger partial charge is 0.120 e. The lowest BCUT2D eigenvalue weighted by Crippen LogP contribution is -2.13. The number of fused-ring (bicyclic) bond motifs is 1. The lowest BCUT2D eigenvalue weighted by Gasteiger charge is -2.16. The molecule has 0 heterocycles. The Labute approximate surface area is 128 Å². The Morgan fingerprint density at radius 1 is 1.10 bits per heavy atom. The zero-order valence-corrected chi connectivity index (χ0v) is 13.1. The van der Waals surface area contributed by atoms with Crippen LogP contribution < -0.4 is 10.5 Å². The molecule has 104 valence electrons. The van der Waals surface area contributed by atoms with E-state index in [2.05, 4.69) is 34.1 Å². The van der Waals surface area contributed by atoms with Crippen LogP contribution in [0.25, 0.3) is 0 Å². The molecule has 0 radical (unpaired) electrons. The summed E-state index contributed by atoms with van der Waals surface area (Å²) in [7, 11) is 1.67. The fourth-order valence-electron chi connectivity index (χ4n) is 2.85. The van der Waals surface area contributed by atoms with Crippen molar-refractivity contribution in [1.29, 1.82) is 0 Å². The Morgan fingerprint density at radius 3 is 2.65 bits per heavy atom. The van der Waals surface area contributed by atoms with Crippen molar-refractivity contribution in [2.45, 2.75) is 25.3 Å². The van der Waals surface area contributed by atoms with Crippen LogP contribution in [-0.2, 0) is 12.8 Å². The van der Waals surface area contributed by atoms with Crippen molar-refractivity contribution < 1.29 is 4.74 Å². The monoisotopic (exact) mass is 331 g/mol. The molecule has 0 aromatic heterocycles. The van der Waals surface area contributed by atoms with Crippen molar-refractivity contribution >= 4 is 15.9 Å². The van der Waals surface area contributed by atoms with E-state index in [4.69, 9.17) is 10.5 Å². The number of ether oxygens (including phenoxy) is 1. The van der Waals surface area contributed by atoms with Crippen LogP contribution in [0, 0.1) is 0 Å². The third kappa shape index (κ3) is 2.48. The van der Waals surface area contributed by atoms with Crippen molar-refractivity contribution in [3.05, 3.63) is 63.1 Å². The first-order valence-corrected chi connectivity index (χ1v) is 7.69. The Kier molecular flexibility index (Phi) is 3.81. The average Bonchev–Trinajstić information content (AvgIpc) is 2.93. The maximum atomic E-state index is 6.43. The van der Waals surface area contributed by atoms with E-state index in [0.717, 1.165) is 15.8 Å². The number of aryl methyl sites for hydroxylation is 2. The van der Waals surface area contributed by atoms with E-state index in [9.17, 15) is 0 Å². The molecule has 0 fully saturated rings. The number of nitrogens with two attached hydrogens (primary N) is 1. The van der Waals surface area contributed by atoms with Crippen molar-refractivity contribution in [3.63, 3.8) is 0 Å². The molecule has 0 amide bonds. The van der Waals surface area contributed by atoms with Crippen molar-refractivity contribution in [2.75, 3.05) is 7.11 Å². The zero-order chi connectivity index (χ0) is 14.1. The maximum Gasteiger partial charge on any atom is 0.120 e. The molecular formula is C17H18BrNO. The molecule has 1 atom stereocenters. The van der Waals surface area contributed by atoms with Gasteiger partial charge in [0.05, 0.1) is 13.2 Å². The third-order valence-electron chi connectivity index (χ3n) is 4.02. The third-order valence-corrected chi connectivity index (χ3v) is 4.71. The summed E-state index contributed by atoms with van der Waals surface area (Å²) in [5.41, 5.74) is 11.6. The van der Waals surface area contributed by atoms with E-state index in [1.54, 1.807) is 7.11 Å². The fourth-order valence-corrected chi connectivity index (χ4v) is 3.46. The SMILES string of the molecule is COc1ccc(C(N)c2ccc3c(c2)CCC3)c(Br)c1. The minimum Gasteiger partial charge on any atom is -0.497 e. The molecule has 3 rings (SSSR count). The Morgan fingerprint density at radius 2 is 1.90 bits per heavy atom. The molecule has 0 saturated carbocycles. The lowest BCUT2D eigenvalue weighted by molar-refractivity contribution is 0.414. The molecule has 1 aliphatic carbocycles. The Balaban J connectivity index is 1.94. The van der Waals surface area contributed by atoms with Crippen LogP contribution in [-0.4, -0.2) is 7.11 Å². The molecular weight excluding hydrogens is 314 g/mol. The topological polar surface area (TPSA) is 35.2 Å². The standard InChI is InChI=1S/C17H18BrNO/c1-20-14-7-8-15(16(18)10-14)17(19)13-6-5-11-3-2-4-12(11)9-13/h5-10,17H,2-4,19H2,1H3. The second-order valence-corrected chi connectivity index (χ2v) is 6.10. The van der Waals surface area contributed by atoms with Gasteiger partial charge in [-0.3, -0.25) is 0 Å². The molecule has 20 heavy (non-hydrogen) atoms. The average molecular weight is 332 g/mol. The minimum atomic E-state index is -0.110. The Hall–Kier alpha value is -1.32. The van der Waals surface area contributed by atoms with Crippen LogP contribution in [0.15, 0.2) is 40.9 Å². The van der Waals surface area contributed by atoms with Crippen LogP contribution >= 0.6 is 15.9 Å². The largest absolute Gasteiger partial charge is 0.497 e. The summed E-state index contributed by atoms with van der Waals surface area (Å²) >= 11 is 3.59. The van der Waals surface area contributed by atoms with E-state index in [0.29, 0.717) is 0 Å². The van der Waals surface area contributed by atoms with Gasteiger partial charge in [-0.05, 0) is 53.6 Å². The molecule has 0 spiro atoms. The van der Waals surface area contributed by atoms with Gasteiger partial charge in [-0.1, -0.05) is 40.2 Å². The number of hydrogen-bond acceptors (Lipinski definition) is 2. The highest BCUT2D eigenvalue weighted by Crippen LogP contribution is 2.32. The van der Waals surface area contributed by atoms with Crippen LogP contribution in [0.3, 0.4) is 0 Å². The maximum absolute atomic E-state index is 6.43. The summed E-state index contributed by atoms with van der Waals surface area (Å²) in [5, 5.41) is 0. The summed E-state index contributed by atoms with van der Waals surface area (Å²) in [6.07, 6.45) is 3.65. The first kappa shape index (κ1) is 13.7. The molecule has 2 aromatic carbocycles. The van der Waals surface area contributed by atoms with E-state index < -0.39 is 0 Å². The first-order chi connectivity index (χ1) is 9.69. The predicted molar refractivity (Wildman–Crippen MR) is 85.2 cm³/mol. The van der Waals surface area contributed by atoms with Gasteiger partial charge in [-0.15, -0.1) is 0 Å². The lowest BCUT2D eigenvalue weighted by atomic mass is 9.96. The van der Waals surface area contributed by atoms with Gasteiger partial charge in [0.2, 0.25) is 0 Å². The highest BCUT2D eigenvalue weighted by Gasteiger charge is 2.16. The molecule has 1 unspecified atom stereocenters. The van der Waals surface area contributed by atoms with Crippen molar-refractivity contribution in [2.24, 2.45) is 5.73 Å². The molecule has 3 heteroatoms. The van der Waals surface area contributed by atoms with Crippen LogP contribution in [0.4, 0.5) is 0 Å². The van der Waals surface area contributed by atoms with Crippen LogP contribution in [0.1, 0.15) is 34.7 Å². The quantitative estimate of drug-likeness (QED) is 0.922. The van der Waals surface area contributed by atoms with Gasteiger partial charge in [-0.25, -0.2) is 0 Å². The van der Waals surface area contributed by atoms with Crippen molar-refractivity contribution in [1.82, 2.24) is 0 Å². The molecule has 0 bridgehead atoms. The summed E-state index contributed by atoms with van der Waals surface area (Å²) < 4.78 is 6.22. The molecule has 2 nitrogen and oxygen atoms in total. The number of halogens is 1. The van der Waals surface area contributed by atoms with Gasteiger partial charge >= 0.3 is 0 Å². The van der Waals surface area contributed by atoms with E-state index in [1.807, 2.05) is 18.2 Å². The summed E-state index contributed by atoms with van der Waals surface area (Å²) in [5.74, 6) is 0.835. The van der Waals surface area contributed by atoms with Gasteiger partial charge in [-0.2, -0.15) is 0 Å². The molecule has 0 saturated heterocycles. The Bertz CT molecular complexity index is 639. The fraction of sp³-hybridized carbons (Fsp3) is 0.294. The number of benzene rings is 2. The number of hydrogen-bond donors (Lipinski definition) is 1. The highest BCUT2D eigenvalue weighted by atomic mass is 79.9. The minimum absolute atomic E-state index is 0.110. The van der Waals surface area contributed by atoms with Crippen molar-refractivity contribution in [3.8, 4) is 5.75 Å². The van der Waals surface area contributed by atoms with E-state index in [-0.39, 0.29) is 6.04 Å². The number of methoxy groups -OCH3 is 1. The summed E-state index contributed by atoms with van der Waals surface area (Å²) in [6, 6.07) is 12.5. The predicted octanol–water partition coefficient (Wildman–Crippen LogP) is 3.99. The second kappa shape index (κ2) is 5.58. The molecule has 2 N–H and O–H groups in total. The van der Waals surface area contributed by atoms with Gasteiger partial charge in [0, 0.05) is 4.47 Å². The van der Waals surface area contributed by atoms with E-state index >= 15 is 0 Å². The first-order valence-electron chi connectivity index (χ1n) is 6.90. The van der Waals surface area contributed by atoms with Crippen LogP contribution in [0.2, 0.25) is 0 Å². The van der Waals surface area contributed by atoms with Gasteiger partial charge < -0.3 is 10.5 Å². The van der Waals surface area contributed by atoms with Gasteiger partial charge in [0.1, 0.15) is 5.75 Å². The molecule has 2 aromatic rings. The normalized spacial score (nSPS) is 14.9. The number of rotatable bonds is 3. The molecule has 1 aliphatic rings. The van der Waals surface area contributed by atoms with Gasteiger partial charge in [0.15, 0.2) is 0 Å². The highest BCUT2D eigenvalue weighted by molar-refractivity contribution is 9.10. The van der Waals surface area contributed by atoms with E-state index in [1.165, 1.54) is 36.0 Å². The van der Waals surface area contributed by atoms with Gasteiger partial charge in [0.25, 0.3) is 0 Å². The van der Waals surface area contributed by atoms with Crippen LogP contribution in [0.5, 0.6) is 5.75 Å². The second-order valence-electron chi connectivity index (χ2n) is 5.25.